The van der Waals surface area contributed by atoms with Gasteiger partial charge in [-0.25, -0.2) is 0 Å². The number of nitro groups is 2. The lowest BCUT2D eigenvalue weighted by Gasteiger charge is -2.49. The number of hydrogen-bond donors (Lipinski definition) is 0. The highest BCUT2D eigenvalue weighted by atomic mass is 16.6. The molecule has 10 heteroatoms. The van der Waals surface area contributed by atoms with Gasteiger partial charge in [-0.1, -0.05) is 37.1 Å². The summed E-state index contributed by atoms with van der Waals surface area (Å²) in [5, 5.41) is 22.1. The second kappa shape index (κ2) is 12.4. The summed E-state index contributed by atoms with van der Waals surface area (Å²) in [5.74, 6) is 0.683. The highest BCUT2D eigenvalue weighted by molar-refractivity contribution is 5.72. The monoisotopic (exact) mass is 590 g/mol. The highest BCUT2D eigenvalue weighted by Crippen LogP contribution is 2.61. The first-order chi connectivity index (χ1) is 19.3. The zero-order valence-corrected chi connectivity index (χ0v) is 26.7. The maximum absolute atomic E-state index is 12.1. The number of allylic oxidation sites excluding steroid dienone is 4. The third kappa shape index (κ3) is 8.19. The Morgan fingerprint density at radius 1 is 0.762 bits per heavy atom. The molecule has 4 rings (SSSR count). The number of carbonyl (C=O) groups excluding carboxylic acids is 2. The quantitative estimate of drug-likeness (QED) is 0.118. The molecule has 0 radical (unpaired) electrons. The summed E-state index contributed by atoms with van der Waals surface area (Å²) < 4.78 is 10.7. The summed E-state index contributed by atoms with van der Waals surface area (Å²) in [5.41, 5.74) is 0.589. The van der Waals surface area contributed by atoms with Crippen molar-refractivity contribution < 1.29 is 28.9 Å². The molecule has 2 saturated carbocycles. The fourth-order valence-electron chi connectivity index (χ4n) is 7.79. The first-order valence-electron chi connectivity index (χ1n) is 15.4. The van der Waals surface area contributed by atoms with Crippen LogP contribution in [0, 0.1) is 54.7 Å². The van der Waals surface area contributed by atoms with Gasteiger partial charge in [-0.3, -0.25) is 29.8 Å². The predicted molar refractivity (Wildman–Crippen MR) is 159 cm³/mol. The van der Waals surface area contributed by atoms with E-state index < -0.39 is 22.0 Å². The molecule has 2 fully saturated rings. The van der Waals surface area contributed by atoms with E-state index in [-0.39, 0.29) is 59.6 Å². The van der Waals surface area contributed by atoms with Crippen LogP contribution in [0.1, 0.15) is 107 Å². The average molecular weight is 591 g/mol. The molecule has 236 valence electrons. The van der Waals surface area contributed by atoms with Gasteiger partial charge in [0.15, 0.2) is 0 Å². The Kier molecular flexibility index (Phi) is 9.99. The largest absolute Gasteiger partial charge is 0.460 e. The van der Waals surface area contributed by atoms with Crippen molar-refractivity contribution in [2.75, 3.05) is 13.1 Å². The van der Waals surface area contributed by atoms with Crippen LogP contribution in [-0.4, -0.2) is 46.1 Å². The van der Waals surface area contributed by atoms with E-state index in [9.17, 15) is 29.8 Å². The normalized spacial score (nSPS) is 31.1. The van der Waals surface area contributed by atoms with Crippen molar-refractivity contribution in [3.63, 3.8) is 0 Å². The van der Waals surface area contributed by atoms with E-state index in [2.05, 4.69) is 26.0 Å². The van der Waals surface area contributed by atoms with Gasteiger partial charge in [0.1, 0.15) is 11.2 Å². The maximum Gasteiger partial charge on any atom is 0.307 e. The molecule has 0 saturated heterocycles. The van der Waals surface area contributed by atoms with Gasteiger partial charge < -0.3 is 9.47 Å². The number of ether oxygens (including phenoxy) is 2. The number of fused-ring (bicyclic) bond motifs is 2. The molecule has 4 aliphatic rings. The van der Waals surface area contributed by atoms with E-state index in [0.29, 0.717) is 11.8 Å². The SMILES string of the molecule is CCC1=C[C@@H]2[C@H](C1)C[C@]2(CC(=O)OC(C)(C)C)C[N+](=O)[O-].CCC1=C[C@H]2[C@@H](C1)C[C@@]2(CC(=O)OC(C)(C)C)C[N+](=O)[O-]. The first-order valence-corrected chi connectivity index (χ1v) is 15.4. The number of esters is 2. The number of carbonyl (C=O) groups is 2. The van der Waals surface area contributed by atoms with Crippen LogP contribution in [0.3, 0.4) is 0 Å². The topological polar surface area (TPSA) is 139 Å². The molecule has 0 spiro atoms. The van der Waals surface area contributed by atoms with E-state index in [0.717, 1.165) is 38.5 Å². The molecular weight excluding hydrogens is 540 g/mol. The molecule has 6 atom stereocenters. The molecule has 0 amide bonds. The van der Waals surface area contributed by atoms with E-state index >= 15 is 0 Å². The van der Waals surface area contributed by atoms with Gasteiger partial charge >= 0.3 is 11.9 Å². The lowest BCUT2D eigenvalue weighted by atomic mass is 9.53. The molecule has 4 aliphatic carbocycles. The fraction of sp³-hybridized carbons (Fsp3) is 0.812. The maximum atomic E-state index is 12.1. The zero-order chi connectivity index (χ0) is 31.7. The van der Waals surface area contributed by atoms with Crippen LogP contribution in [-0.2, 0) is 19.1 Å². The molecule has 0 unspecified atom stereocenters. The summed E-state index contributed by atoms with van der Waals surface area (Å²) in [7, 11) is 0. The molecule has 42 heavy (non-hydrogen) atoms. The third-order valence-corrected chi connectivity index (χ3v) is 9.28. The minimum atomic E-state index is -0.546. The molecule has 0 aromatic heterocycles. The van der Waals surface area contributed by atoms with E-state index in [1.807, 2.05) is 41.5 Å². The second-order valence-electron chi connectivity index (χ2n) is 15.0. The van der Waals surface area contributed by atoms with Crippen LogP contribution in [0.25, 0.3) is 0 Å². The third-order valence-electron chi connectivity index (χ3n) is 9.28. The van der Waals surface area contributed by atoms with E-state index in [1.54, 1.807) is 0 Å². The smallest absolute Gasteiger partial charge is 0.307 e. The van der Waals surface area contributed by atoms with E-state index in [4.69, 9.17) is 9.47 Å². The number of hydrogen-bond acceptors (Lipinski definition) is 8. The first kappa shape index (κ1) is 33.7. The lowest BCUT2D eigenvalue weighted by Crippen LogP contribution is -2.51. The van der Waals surface area contributed by atoms with Crippen molar-refractivity contribution in [3.8, 4) is 0 Å². The second-order valence-corrected chi connectivity index (χ2v) is 15.0. The zero-order valence-electron chi connectivity index (χ0n) is 26.7. The Morgan fingerprint density at radius 2 is 1.10 bits per heavy atom. The van der Waals surface area contributed by atoms with Crippen molar-refractivity contribution in [1.82, 2.24) is 0 Å². The molecular formula is C32H50N2O8. The van der Waals surface area contributed by atoms with Crippen molar-refractivity contribution in [1.29, 1.82) is 0 Å². The van der Waals surface area contributed by atoms with Gasteiger partial charge in [-0.15, -0.1) is 0 Å². The Labute approximate surface area is 250 Å². The van der Waals surface area contributed by atoms with Crippen LogP contribution in [0.2, 0.25) is 0 Å². The van der Waals surface area contributed by atoms with Crippen molar-refractivity contribution >= 4 is 11.9 Å². The molecule has 0 aliphatic heterocycles. The number of rotatable bonds is 10. The van der Waals surface area contributed by atoms with Crippen molar-refractivity contribution in [2.45, 2.75) is 118 Å². The summed E-state index contributed by atoms with van der Waals surface area (Å²) in [4.78, 5) is 45.8. The molecule has 10 nitrogen and oxygen atoms in total. The van der Waals surface area contributed by atoms with Gasteiger partial charge in [0, 0.05) is 9.85 Å². The molecule has 0 bridgehead atoms. The summed E-state index contributed by atoms with van der Waals surface area (Å²) in [6.45, 7) is 14.9. The Bertz CT molecular complexity index is 1040. The summed E-state index contributed by atoms with van der Waals surface area (Å²) >= 11 is 0. The van der Waals surface area contributed by atoms with Crippen LogP contribution in [0.4, 0.5) is 0 Å². The molecule has 0 N–H and O–H groups in total. The minimum Gasteiger partial charge on any atom is -0.460 e. The minimum absolute atomic E-state index is 0.138. The van der Waals surface area contributed by atoms with Crippen LogP contribution < -0.4 is 0 Å². The lowest BCUT2D eigenvalue weighted by molar-refractivity contribution is -0.506. The van der Waals surface area contributed by atoms with Crippen LogP contribution >= 0.6 is 0 Å². The highest BCUT2D eigenvalue weighted by Gasteiger charge is 2.60. The van der Waals surface area contributed by atoms with Crippen molar-refractivity contribution in [2.24, 2.45) is 34.5 Å². The Balaban J connectivity index is 0.000000230. The average Bonchev–Trinajstić information content (AvgIpc) is 3.33. The van der Waals surface area contributed by atoms with Gasteiger partial charge in [0.25, 0.3) is 0 Å². The number of nitrogens with zero attached hydrogens (tertiary/aromatic N) is 2. The van der Waals surface area contributed by atoms with Crippen LogP contribution in [0.15, 0.2) is 23.3 Å². The van der Waals surface area contributed by atoms with Crippen LogP contribution in [0.5, 0.6) is 0 Å². The van der Waals surface area contributed by atoms with Gasteiger partial charge in [-0.05, 0) is 104 Å². The Hall–Kier alpha value is -2.78. The fourth-order valence-corrected chi connectivity index (χ4v) is 7.79. The summed E-state index contributed by atoms with van der Waals surface area (Å²) in [6, 6.07) is 0. The Morgan fingerprint density at radius 3 is 1.36 bits per heavy atom. The summed E-state index contributed by atoms with van der Waals surface area (Å²) in [6.07, 6.45) is 10.3. The van der Waals surface area contributed by atoms with Crippen molar-refractivity contribution in [3.05, 3.63) is 43.5 Å². The standard InChI is InChI=1S/2C16H25NO4/c2*1-5-11-6-12-8-16(10-17(19)20,13(12)7-11)9-14(18)21-15(2,3)4/h2*7,12-13H,5-6,8-10H2,1-4H3/t2*12-,13-,16+/m10/s1. The molecule has 0 heterocycles. The van der Waals surface area contributed by atoms with Gasteiger partial charge in [-0.2, -0.15) is 0 Å². The molecule has 0 aromatic rings. The predicted octanol–water partition coefficient (Wildman–Crippen LogP) is 6.72. The van der Waals surface area contributed by atoms with E-state index in [1.165, 1.54) is 11.1 Å². The molecule has 0 aromatic carbocycles. The van der Waals surface area contributed by atoms with Gasteiger partial charge in [0.2, 0.25) is 13.1 Å². The van der Waals surface area contributed by atoms with Gasteiger partial charge in [0.05, 0.1) is 23.7 Å².